The van der Waals surface area contributed by atoms with Crippen molar-refractivity contribution >= 4 is 17.5 Å². The summed E-state index contributed by atoms with van der Waals surface area (Å²) in [6.07, 6.45) is 0. The summed E-state index contributed by atoms with van der Waals surface area (Å²) in [5, 5.41) is 13.5. The van der Waals surface area contributed by atoms with E-state index in [1.54, 1.807) is 25.4 Å². The number of nitrogens with zero attached hydrogens (tertiary/aromatic N) is 4. The van der Waals surface area contributed by atoms with E-state index in [1.807, 2.05) is 19.9 Å². The van der Waals surface area contributed by atoms with Gasteiger partial charge in [0.05, 0.1) is 12.2 Å². The number of aryl methyl sites for hydroxylation is 4. The molecule has 136 valence electrons. The fraction of sp³-hybridized carbons (Fsp3) is 0.333. The standard InChI is InChI=1S/C18H20N4O4/c1-9-6-10(2)22-16(19-9)15(11(3)20-22)17(23)21(5)8-13-7-14(18(24)25)12(4)26-13/h6-7H,8H2,1-5H3,(H,24,25). The van der Waals surface area contributed by atoms with Crippen molar-refractivity contribution < 1.29 is 19.1 Å². The second kappa shape index (κ2) is 6.29. The van der Waals surface area contributed by atoms with Crippen LogP contribution in [0.25, 0.3) is 5.65 Å². The lowest BCUT2D eigenvalue weighted by molar-refractivity contribution is 0.0694. The van der Waals surface area contributed by atoms with Gasteiger partial charge in [-0.2, -0.15) is 5.10 Å². The molecule has 0 fully saturated rings. The van der Waals surface area contributed by atoms with Gasteiger partial charge in [-0.05, 0) is 39.8 Å². The third-order valence-corrected chi connectivity index (χ3v) is 4.22. The Morgan fingerprint density at radius 3 is 2.54 bits per heavy atom. The number of aromatic carboxylic acids is 1. The summed E-state index contributed by atoms with van der Waals surface area (Å²) in [6, 6.07) is 3.34. The van der Waals surface area contributed by atoms with Gasteiger partial charge in [0.2, 0.25) is 0 Å². The zero-order valence-electron chi connectivity index (χ0n) is 15.3. The van der Waals surface area contributed by atoms with Crippen molar-refractivity contribution in [3.8, 4) is 0 Å². The molecule has 3 aromatic heterocycles. The highest BCUT2D eigenvalue weighted by Crippen LogP contribution is 2.20. The summed E-state index contributed by atoms with van der Waals surface area (Å²) in [6.45, 7) is 7.27. The quantitative estimate of drug-likeness (QED) is 0.771. The van der Waals surface area contributed by atoms with E-state index >= 15 is 0 Å². The first-order valence-electron chi connectivity index (χ1n) is 8.10. The minimum Gasteiger partial charge on any atom is -0.478 e. The summed E-state index contributed by atoms with van der Waals surface area (Å²) < 4.78 is 7.11. The molecule has 0 aliphatic heterocycles. The zero-order valence-corrected chi connectivity index (χ0v) is 15.3. The van der Waals surface area contributed by atoms with E-state index < -0.39 is 5.97 Å². The Morgan fingerprint density at radius 2 is 1.92 bits per heavy atom. The predicted octanol–water partition coefficient (Wildman–Crippen LogP) is 2.53. The molecular formula is C18H20N4O4. The minimum atomic E-state index is -1.06. The van der Waals surface area contributed by atoms with E-state index in [0.29, 0.717) is 28.4 Å². The van der Waals surface area contributed by atoms with Crippen LogP contribution in [-0.2, 0) is 6.54 Å². The Labute approximate surface area is 150 Å². The molecule has 0 aliphatic carbocycles. The second-order valence-corrected chi connectivity index (χ2v) is 6.38. The lowest BCUT2D eigenvalue weighted by Gasteiger charge is -2.15. The number of hydrogen-bond acceptors (Lipinski definition) is 5. The van der Waals surface area contributed by atoms with E-state index in [-0.39, 0.29) is 18.0 Å². The van der Waals surface area contributed by atoms with Gasteiger partial charge in [0.25, 0.3) is 5.91 Å². The molecule has 0 aliphatic rings. The van der Waals surface area contributed by atoms with Crippen molar-refractivity contribution in [2.75, 3.05) is 7.05 Å². The van der Waals surface area contributed by atoms with E-state index in [0.717, 1.165) is 11.4 Å². The summed E-state index contributed by atoms with van der Waals surface area (Å²) in [5.41, 5.74) is 3.33. The van der Waals surface area contributed by atoms with E-state index in [1.165, 1.54) is 11.0 Å². The molecule has 0 aromatic carbocycles. The van der Waals surface area contributed by atoms with Gasteiger partial charge >= 0.3 is 5.97 Å². The summed E-state index contributed by atoms with van der Waals surface area (Å²) in [7, 11) is 1.63. The average Bonchev–Trinajstić information content (AvgIpc) is 3.06. The normalized spacial score (nSPS) is 11.1. The van der Waals surface area contributed by atoms with Gasteiger partial charge in [-0.25, -0.2) is 14.3 Å². The number of carboxylic acid groups (broad SMARTS) is 1. The van der Waals surface area contributed by atoms with Crippen molar-refractivity contribution in [2.24, 2.45) is 0 Å². The van der Waals surface area contributed by atoms with Crippen molar-refractivity contribution in [3.05, 3.63) is 51.9 Å². The van der Waals surface area contributed by atoms with Crippen LogP contribution in [0.2, 0.25) is 0 Å². The van der Waals surface area contributed by atoms with Crippen LogP contribution < -0.4 is 0 Å². The number of fused-ring (bicyclic) bond motifs is 1. The fourth-order valence-corrected chi connectivity index (χ4v) is 3.01. The van der Waals surface area contributed by atoms with Crippen LogP contribution >= 0.6 is 0 Å². The monoisotopic (exact) mass is 356 g/mol. The molecule has 1 N–H and O–H groups in total. The van der Waals surface area contributed by atoms with E-state index in [2.05, 4.69) is 10.1 Å². The minimum absolute atomic E-state index is 0.0981. The Bertz CT molecular complexity index is 1030. The Kier molecular flexibility index (Phi) is 4.27. The molecule has 8 heteroatoms. The van der Waals surface area contributed by atoms with Gasteiger partial charge in [-0.3, -0.25) is 4.79 Å². The zero-order chi connectivity index (χ0) is 19.2. The van der Waals surface area contributed by atoms with Crippen molar-refractivity contribution in [1.29, 1.82) is 0 Å². The third-order valence-electron chi connectivity index (χ3n) is 4.22. The Hall–Kier alpha value is -3.16. The predicted molar refractivity (Wildman–Crippen MR) is 93.4 cm³/mol. The van der Waals surface area contributed by atoms with Gasteiger partial charge in [-0.1, -0.05) is 0 Å². The molecule has 26 heavy (non-hydrogen) atoms. The van der Waals surface area contributed by atoms with Gasteiger partial charge < -0.3 is 14.4 Å². The van der Waals surface area contributed by atoms with Crippen LogP contribution in [0.1, 0.15) is 49.3 Å². The largest absolute Gasteiger partial charge is 0.478 e. The number of carbonyl (C=O) groups is 2. The van der Waals surface area contributed by atoms with Crippen molar-refractivity contribution in [2.45, 2.75) is 34.2 Å². The molecule has 0 saturated heterocycles. The molecule has 0 spiro atoms. The average molecular weight is 356 g/mol. The molecule has 3 rings (SSSR count). The molecule has 8 nitrogen and oxygen atoms in total. The summed E-state index contributed by atoms with van der Waals surface area (Å²) in [5.74, 6) is -0.584. The lowest BCUT2D eigenvalue weighted by Crippen LogP contribution is -2.26. The molecule has 0 saturated carbocycles. The molecule has 3 heterocycles. The second-order valence-electron chi connectivity index (χ2n) is 6.38. The first kappa shape index (κ1) is 17.7. The Balaban J connectivity index is 1.94. The highest BCUT2D eigenvalue weighted by atomic mass is 16.4. The van der Waals surface area contributed by atoms with E-state index in [9.17, 15) is 9.59 Å². The topological polar surface area (TPSA) is 101 Å². The molecule has 0 bridgehead atoms. The van der Waals surface area contributed by atoms with Gasteiger partial charge in [-0.15, -0.1) is 0 Å². The fourth-order valence-electron chi connectivity index (χ4n) is 3.01. The van der Waals surface area contributed by atoms with Crippen molar-refractivity contribution in [3.63, 3.8) is 0 Å². The summed E-state index contributed by atoms with van der Waals surface area (Å²) in [4.78, 5) is 30.0. The smallest absolute Gasteiger partial charge is 0.339 e. The first-order chi connectivity index (χ1) is 12.2. The summed E-state index contributed by atoms with van der Waals surface area (Å²) >= 11 is 0. The third kappa shape index (κ3) is 2.94. The SMILES string of the molecule is Cc1cc(C)n2nc(C)c(C(=O)N(C)Cc3cc(C(=O)O)c(C)o3)c2n1. The number of hydrogen-bond donors (Lipinski definition) is 1. The first-order valence-corrected chi connectivity index (χ1v) is 8.10. The number of carbonyl (C=O) groups excluding carboxylic acids is 1. The number of carboxylic acids is 1. The van der Waals surface area contributed by atoms with Crippen LogP contribution in [0.4, 0.5) is 0 Å². The maximum atomic E-state index is 13.0. The molecule has 0 unspecified atom stereocenters. The molecule has 3 aromatic rings. The van der Waals surface area contributed by atoms with Gasteiger partial charge in [0.1, 0.15) is 22.6 Å². The van der Waals surface area contributed by atoms with E-state index in [4.69, 9.17) is 9.52 Å². The molecule has 1 amide bonds. The van der Waals surface area contributed by atoms with Gasteiger partial charge in [0, 0.05) is 18.4 Å². The maximum Gasteiger partial charge on any atom is 0.339 e. The van der Waals surface area contributed by atoms with Crippen LogP contribution in [-0.4, -0.2) is 43.5 Å². The molecule has 0 atom stereocenters. The highest BCUT2D eigenvalue weighted by molar-refractivity contribution is 6.01. The van der Waals surface area contributed by atoms with Crippen LogP contribution in [0.5, 0.6) is 0 Å². The van der Waals surface area contributed by atoms with Crippen LogP contribution in [0.3, 0.4) is 0 Å². The van der Waals surface area contributed by atoms with Crippen LogP contribution in [0.15, 0.2) is 16.5 Å². The number of aromatic nitrogens is 3. The highest BCUT2D eigenvalue weighted by Gasteiger charge is 2.24. The number of amides is 1. The molecular weight excluding hydrogens is 336 g/mol. The van der Waals surface area contributed by atoms with Crippen LogP contribution in [0, 0.1) is 27.7 Å². The molecule has 0 radical (unpaired) electrons. The van der Waals surface area contributed by atoms with Gasteiger partial charge in [0.15, 0.2) is 5.65 Å². The number of rotatable bonds is 4. The van der Waals surface area contributed by atoms with Crippen molar-refractivity contribution in [1.82, 2.24) is 19.5 Å². The lowest BCUT2D eigenvalue weighted by atomic mass is 10.2. The Morgan fingerprint density at radius 1 is 1.23 bits per heavy atom. The number of furan rings is 1. The maximum absolute atomic E-state index is 13.0.